The summed E-state index contributed by atoms with van der Waals surface area (Å²) in [6.07, 6.45) is 1.31. The molecule has 0 saturated heterocycles. The van der Waals surface area contributed by atoms with E-state index in [4.69, 9.17) is 27.5 Å². The third-order valence-electron chi connectivity index (χ3n) is 2.84. The highest BCUT2D eigenvalue weighted by molar-refractivity contribution is 6.32. The monoisotopic (exact) mass is 307 g/mol. The number of carbonyl (C=O) groups is 2. The van der Waals surface area contributed by atoms with E-state index in [1.165, 1.54) is 17.2 Å². The Morgan fingerprint density at radius 1 is 1.19 bits per heavy atom. The molecule has 1 aromatic carbocycles. The van der Waals surface area contributed by atoms with Gasteiger partial charge in [-0.25, -0.2) is 0 Å². The third kappa shape index (κ3) is 3.76. The van der Waals surface area contributed by atoms with Crippen molar-refractivity contribution in [3.05, 3.63) is 52.9 Å². The molecule has 4 N–H and O–H groups in total. The third-order valence-corrected chi connectivity index (χ3v) is 3.13. The van der Waals surface area contributed by atoms with E-state index in [2.05, 4.69) is 0 Å². The van der Waals surface area contributed by atoms with Crippen molar-refractivity contribution in [1.82, 2.24) is 4.90 Å². The highest BCUT2D eigenvalue weighted by atomic mass is 35.5. The van der Waals surface area contributed by atoms with E-state index in [1.807, 2.05) is 0 Å². The van der Waals surface area contributed by atoms with E-state index in [9.17, 15) is 9.59 Å². The fraction of sp³-hybridized carbons (Fsp3) is 0.143. The number of halogens is 1. The fourth-order valence-electron chi connectivity index (χ4n) is 1.85. The zero-order chi connectivity index (χ0) is 15.4. The van der Waals surface area contributed by atoms with E-state index in [-0.39, 0.29) is 23.9 Å². The van der Waals surface area contributed by atoms with Crippen molar-refractivity contribution in [2.24, 2.45) is 5.73 Å². The molecule has 0 aliphatic rings. The molecule has 0 saturated carbocycles. The summed E-state index contributed by atoms with van der Waals surface area (Å²) in [5.41, 5.74) is 12.4. The largest absolute Gasteiger partial charge is 0.452 e. The number of nitrogens with zero attached hydrogens (tertiary/aromatic N) is 1. The minimum atomic E-state index is -0.613. The van der Waals surface area contributed by atoms with Gasteiger partial charge in [0.05, 0.1) is 18.4 Å². The second kappa shape index (κ2) is 6.32. The number of hydrogen-bond acceptors (Lipinski definition) is 4. The fourth-order valence-corrected chi connectivity index (χ4v) is 2.04. The quantitative estimate of drug-likeness (QED) is 0.820. The van der Waals surface area contributed by atoms with Crippen LogP contribution in [0.25, 0.3) is 0 Å². The highest BCUT2D eigenvalue weighted by Crippen LogP contribution is 2.20. The van der Waals surface area contributed by atoms with Gasteiger partial charge in [-0.05, 0) is 35.4 Å². The molecule has 0 atom stereocenters. The molecule has 0 aliphatic carbocycles. The van der Waals surface area contributed by atoms with Crippen molar-refractivity contribution in [3.8, 4) is 0 Å². The van der Waals surface area contributed by atoms with E-state index in [1.54, 1.807) is 24.3 Å². The van der Waals surface area contributed by atoms with Crippen LogP contribution in [0.15, 0.2) is 41.0 Å². The van der Waals surface area contributed by atoms with Gasteiger partial charge in [0.2, 0.25) is 11.1 Å². The molecule has 7 heteroatoms. The number of furan rings is 1. The minimum absolute atomic E-state index is 0.0215. The molecule has 0 unspecified atom stereocenters. The van der Waals surface area contributed by atoms with Crippen LogP contribution < -0.4 is 11.5 Å². The maximum absolute atomic E-state index is 12.4. The lowest BCUT2D eigenvalue weighted by atomic mass is 10.2. The Morgan fingerprint density at radius 2 is 1.86 bits per heavy atom. The molecule has 1 aromatic heterocycles. The number of nitrogen functional groups attached to an aromatic ring is 1. The predicted octanol–water partition coefficient (Wildman–Crippen LogP) is 1.64. The first-order valence-corrected chi connectivity index (χ1v) is 6.50. The summed E-state index contributed by atoms with van der Waals surface area (Å²) in [6, 6.07) is 8.42. The first kappa shape index (κ1) is 14.9. The lowest BCUT2D eigenvalue weighted by molar-refractivity contribution is -0.118. The van der Waals surface area contributed by atoms with Crippen LogP contribution in [0.3, 0.4) is 0 Å². The summed E-state index contributed by atoms with van der Waals surface area (Å²) in [5, 5.41) is -0.0215. The van der Waals surface area contributed by atoms with Crippen LogP contribution >= 0.6 is 11.6 Å². The molecule has 2 rings (SSSR count). The van der Waals surface area contributed by atoms with Crippen molar-refractivity contribution >= 4 is 29.1 Å². The topological polar surface area (TPSA) is 103 Å². The van der Waals surface area contributed by atoms with E-state index in [0.717, 1.165) is 5.56 Å². The number of anilines is 1. The van der Waals surface area contributed by atoms with Crippen molar-refractivity contribution in [2.75, 3.05) is 12.3 Å². The SMILES string of the molecule is NC(=O)CN(Cc1ccc(N)cc1)C(=O)c1ccoc1Cl. The van der Waals surface area contributed by atoms with Gasteiger partial charge in [0.25, 0.3) is 5.91 Å². The summed E-state index contributed by atoms with van der Waals surface area (Å²) in [4.78, 5) is 24.8. The van der Waals surface area contributed by atoms with E-state index in [0.29, 0.717) is 5.69 Å². The summed E-state index contributed by atoms with van der Waals surface area (Å²) < 4.78 is 4.89. The second-order valence-corrected chi connectivity index (χ2v) is 4.82. The van der Waals surface area contributed by atoms with E-state index < -0.39 is 11.8 Å². The van der Waals surface area contributed by atoms with Gasteiger partial charge in [-0.2, -0.15) is 0 Å². The highest BCUT2D eigenvalue weighted by Gasteiger charge is 2.22. The standard InChI is InChI=1S/C14H14ClN3O3/c15-13-11(5-6-21-13)14(20)18(8-12(17)19)7-9-1-3-10(16)4-2-9/h1-6H,7-8,16H2,(H2,17,19). The number of benzene rings is 1. The first-order chi connectivity index (χ1) is 9.97. The number of primary amides is 1. The lowest BCUT2D eigenvalue weighted by Crippen LogP contribution is -2.38. The Balaban J connectivity index is 2.22. The Morgan fingerprint density at radius 3 is 2.38 bits per heavy atom. The summed E-state index contributed by atoms with van der Waals surface area (Å²) in [7, 11) is 0. The summed E-state index contributed by atoms with van der Waals surface area (Å²) in [6.45, 7) is -0.00567. The normalized spacial score (nSPS) is 10.3. The van der Waals surface area contributed by atoms with Gasteiger partial charge in [-0.3, -0.25) is 9.59 Å². The van der Waals surface area contributed by atoms with Crippen molar-refractivity contribution < 1.29 is 14.0 Å². The molecule has 21 heavy (non-hydrogen) atoms. The van der Waals surface area contributed by atoms with Gasteiger partial charge in [-0.15, -0.1) is 0 Å². The van der Waals surface area contributed by atoms with Crippen LogP contribution in [0.4, 0.5) is 5.69 Å². The van der Waals surface area contributed by atoms with Gasteiger partial charge in [0.1, 0.15) is 0 Å². The van der Waals surface area contributed by atoms with Gasteiger partial charge in [0, 0.05) is 12.2 Å². The van der Waals surface area contributed by atoms with Crippen molar-refractivity contribution in [3.63, 3.8) is 0 Å². The van der Waals surface area contributed by atoms with Gasteiger partial charge < -0.3 is 20.8 Å². The summed E-state index contributed by atoms with van der Waals surface area (Å²) in [5.74, 6) is -1.04. The molecular weight excluding hydrogens is 294 g/mol. The molecule has 0 spiro atoms. The maximum Gasteiger partial charge on any atom is 0.259 e. The minimum Gasteiger partial charge on any atom is -0.452 e. The second-order valence-electron chi connectivity index (χ2n) is 4.48. The zero-order valence-corrected chi connectivity index (χ0v) is 11.8. The molecule has 110 valence electrons. The Bertz CT molecular complexity index is 652. The number of amides is 2. The molecule has 0 bridgehead atoms. The summed E-state index contributed by atoms with van der Waals surface area (Å²) >= 11 is 5.79. The number of rotatable bonds is 5. The van der Waals surface area contributed by atoms with Gasteiger partial charge >= 0.3 is 0 Å². The van der Waals surface area contributed by atoms with E-state index >= 15 is 0 Å². The molecule has 0 radical (unpaired) electrons. The lowest BCUT2D eigenvalue weighted by Gasteiger charge is -2.21. The van der Waals surface area contributed by atoms with Crippen LogP contribution in [0.1, 0.15) is 15.9 Å². The number of carbonyl (C=O) groups excluding carboxylic acids is 2. The molecule has 2 amide bonds. The smallest absolute Gasteiger partial charge is 0.259 e. The number of hydrogen-bond donors (Lipinski definition) is 2. The van der Waals surface area contributed by atoms with Crippen LogP contribution in [0.2, 0.25) is 5.22 Å². The molecule has 0 aliphatic heterocycles. The zero-order valence-electron chi connectivity index (χ0n) is 11.1. The average Bonchev–Trinajstić information content (AvgIpc) is 2.85. The van der Waals surface area contributed by atoms with Crippen LogP contribution in [0, 0.1) is 0 Å². The maximum atomic E-state index is 12.4. The van der Waals surface area contributed by atoms with Crippen LogP contribution in [0.5, 0.6) is 0 Å². The van der Waals surface area contributed by atoms with Gasteiger partial charge in [0.15, 0.2) is 0 Å². The predicted molar refractivity (Wildman–Crippen MR) is 78.5 cm³/mol. The molecule has 6 nitrogen and oxygen atoms in total. The Kier molecular flexibility index (Phi) is 4.49. The van der Waals surface area contributed by atoms with Crippen molar-refractivity contribution in [2.45, 2.75) is 6.54 Å². The van der Waals surface area contributed by atoms with Crippen molar-refractivity contribution in [1.29, 1.82) is 0 Å². The molecule has 1 heterocycles. The Hall–Kier alpha value is -2.47. The van der Waals surface area contributed by atoms with Crippen LogP contribution in [-0.2, 0) is 11.3 Å². The number of nitrogens with two attached hydrogens (primary N) is 2. The Labute approximate surface area is 126 Å². The van der Waals surface area contributed by atoms with Crippen LogP contribution in [-0.4, -0.2) is 23.3 Å². The average molecular weight is 308 g/mol. The molecular formula is C14H14ClN3O3. The molecule has 2 aromatic rings. The van der Waals surface area contributed by atoms with Gasteiger partial charge in [-0.1, -0.05) is 12.1 Å². The molecule has 0 fully saturated rings. The first-order valence-electron chi connectivity index (χ1n) is 6.12.